The Balaban J connectivity index is 1.51. The topological polar surface area (TPSA) is 44.8 Å². The fourth-order valence-corrected chi connectivity index (χ4v) is 3.28. The Morgan fingerprint density at radius 2 is 2.00 bits per heavy atom. The molecular weight excluding hydrogens is 337 g/mol. The van der Waals surface area contributed by atoms with Crippen molar-refractivity contribution < 1.29 is 9.53 Å². The number of hydrogen-bond donors (Lipinski definition) is 1. The van der Waals surface area contributed by atoms with Gasteiger partial charge in [-0.2, -0.15) is 0 Å². The zero-order chi connectivity index (χ0) is 16.2. The zero-order valence-corrected chi connectivity index (χ0v) is 14.4. The van der Waals surface area contributed by atoms with Gasteiger partial charge in [-0.1, -0.05) is 23.2 Å². The minimum absolute atomic E-state index is 0.143. The summed E-state index contributed by atoms with van der Waals surface area (Å²) in [7, 11) is 0. The molecule has 1 atom stereocenters. The van der Waals surface area contributed by atoms with Gasteiger partial charge in [0, 0.05) is 50.9 Å². The van der Waals surface area contributed by atoms with Gasteiger partial charge in [0.05, 0.1) is 23.3 Å². The molecule has 23 heavy (non-hydrogen) atoms. The molecular formula is C16H21Cl2N3O2. The summed E-state index contributed by atoms with van der Waals surface area (Å²) in [4.78, 5) is 16.5. The molecule has 2 aliphatic rings. The normalized spacial score (nSPS) is 22.3. The molecule has 0 saturated carbocycles. The third-order valence-corrected chi connectivity index (χ3v) is 5.06. The lowest BCUT2D eigenvalue weighted by Crippen LogP contribution is -2.51. The van der Waals surface area contributed by atoms with E-state index in [9.17, 15) is 4.79 Å². The summed E-state index contributed by atoms with van der Waals surface area (Å²) in [6.45, 7) is 5.24. The van der Waals surface area contributed by atoms with Crippen LogP contribution >= 0.6 is 23.2 Å². The molecule has 1 N–H and O–H groups in total. The smallest absolute Gasteiger partial charge is 0.224 e. The van der Waals surface area contributed by atoms with Crippen LogP contribution in [0.2, 0.25) is 10.0 Å². The Kier molecular flexibility index (Phi) is 5.64. The van der Waals surface area contributed by atoms with Crippen molar-refractivity contribution in [2.75, 3.05) is 50.8 Å². The predicted octanol–water partition coefficient (Wildman–Crippen LogP) is 2.02. The number of hydrogen-bond acceptors (Lipinski definition) is 4. The molecule has 2 aliphatic heterocycles. The minimum Gasteiger partial charge on any atom is -0.378 e. The van der Waals surface area contributed by atoms with E-state index >= 15 is 0 Å². The van der Waals surface area contributed by atoms with Gasteiger partial charge in [0.25, 0.3) is 0 Å². The number of amides is 1. The van der Waals surface area contributed by atoms with Crippen molar-refractivity contribution in [1.82, 2.24) is 10.2 Å². The second-order valence-corrected chi connectivity index (χ2v) is 6.71. The molecule has 2 heterocycles. The molecule has 0 spiro atoms. The van der Waals surface area contributed by atoms with E-state index < -0.39 is 0 Å². The van der Waals surface area contributed by atoms with Crippen molar-refractivity contribution in [3.8, 4) is 0 Å². The van der Waals surface area contributed by atoms with Gasteiger partial charge in [0.2, 0.25) is 5.91 Å². The highest BCUT2D eigenvalue weighted by Crippen LogP contribution is 2.27. The van der Waals surface area contributed by atoms with E-state index in [1.807, 2.05) is 23.1 Å². The van der Waals surface area contributed by atoms with Crippen LogP contribution < -0.4 is 10.2 Å². The molecule has 0 unspecified atom stereocenters. The number of rotatable bonds is 3. The Hall–Kier alpha value is -1.01. The van der Waals surface area contributed by atoms with Gasteiger partial charge in [0.15, 0.2) is 0 Å². The number of anilines is 1. The van der Waals surface area contributed by atoms with E-state index in [1.54, 1.807) is 0 Å². The number of nitrogens with zero attached hydrogens (tertiary/aromatic N) is 2. The van der Waals surface area contributed by atoms with Gasteiger partial charge in [-0.15, -0.1) is 0 Å². The number of piperazine rings is 1. The zero-order valence-electron chi connectivity index (χ0n) is 12.9. The van der Waals surface area contributed by atoms with Gasteiger partial charge in [-0.05, 0) is 18.2 Å². The number of carbonyl (C=O) groups excluding carboxylic acids is 1. The lowest BCUT2D eigenvalue weighted by Gasteiger charge is -2.37. The summed E-state index contributed by atoms with van der Waals surface area (Å²) >= 11 is 12.0. The highest BCUT2D eigenvalue weighted by molar-refractivity contribution is 6.42. The average molecular weight is 358 g/mol. The molecule has 1 amide bonds. The molecule has 7 heteroatoms. The maximum absolute atomic E-state index is 12.4. The monoisotopic (exact) mass is 357 g/mol. The summed E-state index contributed by atoms with van der Waals surface area (Å²) in [5.74, 6) is 0.196. The molecule has 1 aromatic carbocycles. The van der Waals surface area contributed by atoms with Gasteiger partial charge < -0.3 is 19.9 Å². The Morgan fingerprint density at radius 1 is 1.22 bits per heavy atom. The van der Waals surface area contributed by atoms with Crippen LogP contribution in [0.4, 0.5) is 5.69 Å². The lowest BCUT2D eigenvalue weighted by molar-refractivity contribution is -0.132. The number of morpholine rings is 1. The van der Waals surface area contributed by atoms with Gasteiger partial charge >= 0.3 is 0 Å². The first-order valence-electron chi connectivity index (χ1n) is 7.92. The quantitative estimate of drug-likeness (QED) is 0.898. The van der Waals surface area contributed by atoms with E-state index in [1.165, 1.54) is 0 Å². The SMILES string of the molecule is O=C(C[C@@H]1COCCN1)N1CCN(c2ccc(Cl)c(Cl)c2)CC1. The van der Waals surface area contributed by atoms with Crippen molar-refractivity contribution in [2.24, 2.45) is 0 Å². The number of nitrogens with one attached hydrogen (secondary N) is 1. The van der Waals surface area contributed by atoms with Crippen LogP contribution in [-0.2, 0) is 9.53 Å². The van der Waals surface area contributed by atoms with E-state index in [0.717, 1.165) is 45.0 Å². The maximum atomic E-state index is 12.4. The van der Waals surface area contributed by atoms with Crippen molar-refractivity contribution >= 4 is 34.8 Å². The highest BCUT2D eigenvalue weighted by Gasteiger charge is 2.24. The van der Waals surface area contributed by atoms with Crippen LogP contribution in [-0.4, -0.2) is 62.8 Å². The number of halogens is 2. The lowest BCUT2D eigenvalue weighted by atomic mass is 10.1. The van der Waals surface area contributed by atoms with Crippen LogP contribution in [0.1, 0.15) is 6.42 Å². The molecule has 5 nitrogen and oxygen atoms in total. The third-order valence-electron chi connectivity index (χ3n) is 4.32. The standard InChI is InChI=1S/C16H21Cl2N3O2/c17-14-2-1-13(10-15(14)18)20-4-6-21(7-5-20)16(22)9-12-11-23-8-3-19-12/h1-2,10,12,19H,3-9,11H2/t12-/m1/s1. The molecule has 1 aromatic rings. The Bertz CT molecular complexity index is 556. The summed E-state index contributed by atoms with van der Waals surface area (Å²) < 4.78 is 5.40. The van der Waals surface area contributed by atoms with Crippen LogP contribution in [0.3, 0.4) is 0 Å². The molecule has 3 rings (SSSR count). The van der Waals surface area contributed by atoms with Gasteiger partial charge in [-0.25, -0.2) is 0 Å². The van der Waals surface area contributed by atoms with E-state index in [0.29, 0.717) is 23.1 Å². The number of ether oxygens (including phenoxy) is 1. The van der Waals surface area contributed by atoms with Crippen molar-refractivity contribution in [3.63, 3.8) is 0 Å². The van der Waals surface area contributed by atoms with Crippen molar-refractivity contribution in [3.05, 3.63) is 28.2 Å². The first-order valence-corrected chi connectivity index (χ1v) is 8.68. The first-order chi connectivity index (χ1) is 11.1. The molecule has 2 fully saturated rings. The van der Waals surface area contributed by atoms with Crippen molar-refractivity contribution in [2.45, 2.75) is 12.5 Å². The van der Waals surface area contributed by atoms with Gasteiger partial charge in [-0.3, -0.25) is 4.79 Å². The van der Waals surface area contributed by atoms with Crippen LogP contribution in [0.25, 0.3) is 0 Å². The Labute approximate surface area is 146 Å². The number of carbonyl (C=O) groups is 1. The summed E-state index contributed by atoms with van der Waals surface area (Å²) in [5.41, 5.74) is 1.05. The summed E-state index contributed by atoms with van der Waals surface area (Å²) in [5, 5.41) is 4.45. The second-order valence-electron chi connectivity index (χ2n) is 5.90. The molecule has 126 valence electrons. The average Bonchev–Trinajstić information content (AvgIpc) is 2.58. The van der Waals surface area contributed by atoms with E-state index in [4.69, 9.17) is 27.9 Å². The van der Waals surface area contributed by atoms with E-state index in [-0.39, 0.29) is 11.9 Å². The molecule has 0 bridgehead atoms. The largest absolute Gasteiger partial charge is 0.378 e. The second kappa shape index (κ2) is 7.71. The first kappa shape index (κ1) is 16.8. The molecule has 2 saturated heterocycles. The van der Waals surface area contributed by atoms with Gasteiger partial charge in [0.1, 0.15) is 0 Å². The fraction of sp³-hybridized carbons (Fsp3) is 0.562. The minimum atomic E-state index is 0.143. The van der Waals surface area contributed by atoms with Crippen molar-refractivity contribution in [1.29, 1.82) is 0 Å². The van der Waals surface area contributed by atoms with Crippen LogP contribution in [0, 0.1) is 0 Å². The van der Waals surface area contributed by atoms with E-state index in [2.05, 4.69) is 10.2 Å². The third kappa shape index (κ3) is 4.29. The van der Waals surface area contributed by atoms with Crippen LogP contribution in [0.15, 0.2) is 18.2 Å². The Morgan fingerprint density at radius 3 is 2.65 bits per heavy atom. The maximum Gasteiger partial charge on any atom is 0.224 e. The molecule has 0 radical (unpaired) electrons. The van der Waals surface area contributed by atoms with Crippen LogP contribution in [0.5, 0.6) is 0 Å². The summed E-state index contributed by atoms with van der Waals surface area (Å²) in [6, 6.07) is 5.80. The summed E-state index contributed by atoms with van der Waals surface area (Å²) in [6.07, 6.45) is 0.507. The number of benzene rings is 1. The molecule has 0 aromatic heterocycles. The highest BCUT2D eigenvalue weighted by atomic mass is 35.5. The fourth-order valence-electron chi connectivity index (χ4n) is 2.99. The molecule has 0 aliphatic carbocycles. The predicted molar refractivity (Wildman–Crippen MR) is 92.5 cm³/mol.